The minimum atomic E-state index is -0.236. The first-order chi connectivity index (χ1) is 15.2. The number of ether oxygens (including phenoxy) is 2. The minimum absolute atomic E-state index is 0.108. The molecule has 0 bridgehead atoms. The van der Waals surface area contributed by atoms with E-state index in [2.05, 4.69) is 17.6 Å². The van der Waals surface area contributed by atoms with Crippen LogP contribution in [0.1, 0.15) is 66.2 Å². The molecule has 0 radical (unpaired) electrons. The number of hydrogen-bond donors (Lipinski definition) is 2. The zero-order chi connectivity index (χ0) is 21.9. The van der Waals surface area contributed by atoms with Crippen LogP contribution in [0, 0.1) is 0 Å². The van der Waals surface area contributed by atoms with Gasteiger partial charge in [0.15, 0.2) is 0 Å². The van der Waals surface area contributed by atoms with E-state index in [1.165, 1.54) is 12.8 Å². The summed E-state index contributed by atoms with van der Waals surface area (Å²) in [6, 6.07) is 14.1. The Balaban J connectivity index is 1.52. The minimum Gasteiger partial charge on any atom is -0.493 e. The largest absolute Gasteiger partial charge is 0.493 e. The van der Waals surface area contributed by atoms with Gasteiger partial charge in [-0.3, -0.25) is 9.59 Å². The highest BCUT2D eigenvalue weighted by molar-refractivity contribution is 6.06. The maximum atomic E-state index is 12.8. The summed E-state index contributed by atoms with van der Waals surface area (Å²) >= 11 is 0. The average Bonchev–Trinajstić information content (AvgIpc) is 3.32. The normalized spacial score (nSPS) is 15.5. The number of unbranched alkanes of at least 4 members (excludes halogenated alkanes) is 3. The van der Waals surface area contributed by atoms with Gasteiger partial charge in [0.05, 0.1) is 18.3 Å². The maximum Gasteiger partial charge on any atom is 0.259 e. The molecule has 2 N–H and O–H groups in total. The van der Waals surface area contributed by atoms with E-state index in [4.69, 9.17) is 9.47 Å². The monoisotopic (exact) mass is 424 g/mol. The summed E-state index contributed by atoms with van der Waals surface area (Å²) in [5.41, 5.74) is 1.67. The van der Waals surface area contributed by atoms with Crippen molar-refractivity contribution < 1.29 is 19.1 Å². The summed E-state index contributed by atoms with van der Waals surface area (Å²) in [7, 11) is 0. The summed E-state index contributed by atoms with van der Waals surface area (Å²) in [5, 5.41) is 5.78. The summed E-state index contributed by atoms with van der Waals surface area (Å²) < 4.78 is 11.4. The van der Waals surface area contributed by atoms with Gasteiger partial charge in [0.2, 0.25) is 0 Å². The highest BCUT2D eigenvalue weighted by Crippen LogP contribution is 2.21. The van der Waals surface area contributed by atoms with Crippen LogP contribution in [0.25, 0.3) is 0 Å². The zero-order valence-corrected chi connectivity index (χ0v) is 18.2. The van der Waals surface area contributed by atoms with Gasteiger partial charge in [-0.1, -0.05) is 38.3 Å². The fourth-order valence-electron chi connectivity index (χ4n) is 3.51. The summed E-state index contributed by atoms with van der Waals surface area (Å²) in [4.78, 5) is 25.1. The molecule has 166 valence electrons. The van der Waals surface area contributed by atoms with E-state index in [0.717, 1.165) is 32.3 Å². The fourth-order valence-corrected chi connectivity index (χ4v) is 3.51. The smallest absolute Gasteiger partial charge is 0.259 e. The van der Waals surface area contributed by atoms with Gasteiger partial charge in [-0.25, -0.2) is 0 Å². The van der Waals surface area contributed by atoms with Crippen LogP contribution >= 0.6 is 0 Å². The van der Waals surface area contributed by atoms with Crippen LogP contribution in [0.5, 0.6) is 5.75 Å². The number of para-hydroxylation sites is 1. The lowest BCUT2D eigenvalue weighted by molar-refractivity contribution is 0.0857. The van der Waals surface area contributed by atoms with E-state index in [1.807, 2.05) is 18.2 Å². The molecule has 1 fully saturated rings. The number of anilines is 1. The molecule has 31 heavy (non-hydrogen) atoms. The van der Waals surface area contributed by atoms with Crippen LogP contribution in [-0.4, -0.2) is 37.7 Å². The fraction of sp³-hybridized carbons (Fsp3) is 0.440. The van der Waals surface area contributed by atoms with E-state index in [1.54, 1.807) is 30.3 Å². The second kappa shape index (κ2) is 12.1. The molecule has 6 nitrogen and oxygen atoms in total. The highest BCUT2D eigenvalue weighted by Gasteiger charge is 2.17. The molecule has 3 rings (SSSR count). The first kappa shape index (κ1) is 22.8. The van der Waals surface area contributed by atoms with E-state index in [0.29, 0.717) is 35.7 Å². The molecule has 0 saturated carbocycles. The molecule has 2 aromatic carbocycles. The Morgan fingerprint density at radius 1 is 1.03 bits per heavy atom. The molecule has 2 amide bonds. The molecule has 1 saturated heterocycles. The van der Waals surface area contributed by atoms with Gasteiger partial charge in [0.1, 0.15) is 5.75 Å². The van der Waals surface area contributed by atoms with Crippen molar-refractivity contribution in [2.24, 2.45) is 0 Å². The first-order valence-electron chi connectivity index (χ1n) is 11.2. The first-order valence-corrected chi connectivity index (χ1v) is 11.2. The molecular formula is C25H32N2O4. The number of amides is 2. The van der Waals surface area contributed by atoms with Crippen molar-refractivity contribution in [2.75, 3.05) is 25.1 Å². The topological polar surface area (TPSA) is 76.7 Å². The number of rotatable bonds is 11. The maximum absolute atomic E-state index is 12.8. The van der Waals surface area contributed by atoms with Gasteiger partial charge >= 0.3 is 0 Å². The lowest BCUT2D eigenvalue weighted by Gasteiger charge is -2.12. The number of benzene rings is 2. The molecule has 0 aromatic heterocycles. The third kappa shape index (κ3) is 7.10. The molecule has 2 aromatic rings. The molecule has 0 spiro atoms. The molecule has 6 heteroatoms. The van der Waals surface area contributed by atoms with Gasteiger partial charge < -0.3 is 20.1 Å². The van der Waals surface area contributed by atoms with Crippen molar-refractivity contribution in [3.05, 3.63) is 59.7 Å². The number of carbonyl (C=O) groups excluding carboxylic acids is 2. The Bertz CT molecular complexity index is 845. The third-order valence-electron chi connectivity index (χ3n) is 5.31. The van der Waals surface area contributed by atoms with Crippen LogP contribution in [0.2, 0.25) is 0 Å². The summed E-state index contributed by atoms with van der Waals surface area (Å²) in [6.07, 6.45) is 6.59. The second-order valence-electron chi connectivity index (χ2n) is 7.78. The average molecular weight is 425 g/mol. The van der Waals surface area contributed by atoms with Crippen molar-refractivity contribution in [3.63, 3.8) is 0 Å². The van der Waals surface area contributed by atoms with Crippen molar-refractivity contribution in [1.29, 1.82) is 0 Å². The standard InChI is InChI=1S/C25H32N2O4/c1-2-3-4-7-16-31-23-11-6-5-10-22(23)25(29)27-20-14-12-19(13-15-20)24(28)26-18-21-9-8-17-30-21/h5-6,10-15,21H,2-4,7-9,16-18H2,1H3,(H,26,28)(H,27,29). The quantitative estimate of drug-likeness (QED) is 0.508. The molecule has 1 aliphatic heterocycles. The van der Waals surface area contributed by atoms with Gasteiger partial charge in [0.25, 0.3) is 11.8 Å². The summed E-state index contributed by atoms with van der Waals surface area (Å²) in [6.45, 7) is 4.05. The predicted molar refractivity (Wildman–Crippen MR) is 122 cm³/mol. The Kier molecular flexibility index (Phi) is 8.91. The lowest BCUT2D eigenvalue weighted by atomic mass is 10.1. The van der Waals surface area contributed by atoms with E-state index in [-0.39, 0.29) is 17.9 Å². The van der Waals surface area contributed by atoms with Crippen molar-refractivity contribution in [3.8, 4) is 5.75 Å². The SMILES string of the molecule is CCCCCCOc1ccccc1C(=O)Nc1ccc(C(=O)NCC2CCCO2)cc1. The van der Waals surface area contributed by atoms with Gasteiger partial charge in [-0.05, 0) is 55.7 Å². The van der Waals surface area contributed by atoms with Crippen LogP contribution in [-0.2, 0) is 4.74 Å². The Morgan fingerprint density at radius 3 is 2.58 bits per heavy atom. The van der Waals surface area contributed by atoms with Crippen LogP contribution in [0.4, 0.5) is 5.69 Å². The third-order valence-corrected chi connectivity index (χ3v) is 5.31. The Hall–Kier alpha value is -2.86. The molecule has 0 aliphatic carbocycles. The van der Waals surface area contributed by atoms with E-state index in [9.17, 15) is 9.59 Å². The van der Waals surface area contributed by atoms with Crippen LogP contribution in [0.3, 0.4) is 0 Å². The molecular weight excluding hydrogens is 392 g/mol. The zero-order valence-electron chi connectivity index (χ0n) is 18.2. The second-order valence-corrected chi connectivity index (χ2v) is 7.78. The molecule has 1 atom stereocenters. The van der Waals surface area contributed by atoms with Gasteiger partial charge in [-0.15, -0.1) is 0 Å². The van der Waals surface area contributed by atoms with Crippen molar-refractivity contribution in [2.45, 2.75) is 51.6 Å². The van der Waals surface area contributed by atoms with Gasteiger partial charge in [-0.2, -0.15) is 0 Å². The van der Waals surface area contributed by atoms with Gasteiger partial charge in [0, 0.05) is 24.4 Å². The number of carbonyl (C=O) groups is 2. The lowest BCUT2D eigenvalue weighted by Crippen LogP contribution is -2.31. The molecule has 1 aliphatic rings. The van der Waals surface area contributed by atoms with Crippen molar-refractivity contribution in [1.82, 2.24) is 5.32 Å². The van der Waals surface area contributed by atoms with Crippen molar-refractivity contribution >= 4 is 17.5 Å². The Morgan fingerprint density at radius 2 is 1.84 bits per heavy atom. The summed E-state index contributed by atoms with van der Waals surface area (Å²) in [5.74, 6) is 0.205. The molecule has 1 unspecified atom stereocenters. The van der Waals surface area contributed by atoms with E-state index < -0.39 is 0 Å². The molecule has 1 heterocycles. The Labute approximate surface area is 184 Å². The van der Waals surface area contributed by atoms with E-state index >= 15 is 0 Å². The highest BCUT2D eigenvalue weighted by atomic mass is 16.5. The van der Waals surface area contributed by atoms with Crippen LogP contribution < -0.4 is 15.4 Å². The van der Waals surface area contributed by atoms with Crippen LogP contribution in [0.15, 0.2) is 48.5 Å². The number of hydrogen-bond acceptors (Lipinski definition) is 4. The predicted octanol–water partition coefficient (Wildman–Crippen LogP) is 4.81. The number of nitrogens with one attached hydrogen (secondary N) is 2.